The SMILES string of the molecule is CC1OC(OC2C(CO)OC(OC3C(CO)OC(CO)C3O)C(O)C2O)C(O)C(O)C1O. The Kier molecular flexibility index (Phi) is 8.79. The monoisotopic (exact) mass is 472 g/mol. The zero-order valence-electron chi connectivity index (χ0n) is 17.3. The first-order valence-corrected chi connectivity index (χ1v) is 10.3. The Morgan fingerprint density at radius 2 is 1.00 bits per heavy atom. The largest absolute Gasteiger partial charge is 0.394 e. The Morgan fingerprint density at radius 3 is 1.56 bits per heavy atom. The summed E-state index contributed by atoms with van der Waals surface area (Å²) in [6.07, 6.45) is -19.6. The molecule has 3 aliphatic heterocycles. The van der Waals surface area contributed by atoms with Crippen LogP contribution in [0.1, 0.15) is 6.92 Å². The molecule has 14 atom stereocenters. The van der Waals surface area contributed by atoms with Gasteiger partial charge in [0.2, 0.25) is 0 Å². The summed E-state index contributed by atoms with van der Waals surface area (Å²) in [6, 6.07) is 0. The van der Waals surface area contributed by atoms with Crippen LogP contribution < -0.4 is 0 Å². The van der Waals surface area contributed by atoms with Crippen molar-refractivity contribution < 1.29 is 69.6 Å². The molecule has 0 spiro atoms. The number of rotatable bonds is 7. The van der Waals surface area contributed by atoms with Gasteiger partial charge in [-0.1, -0.05) is 0 Å². The van der Waals surface area contributed by atoms with Gasteiger partial charge < -0.3 is 69.6 Å². The van der Waals surface area contributed by atoms with Gasteiger partial charge in [-0.3, -0.25) is 0 Å². The van der Waals surface area contributed by atoms with Crippen LogP contribution in [0.5, 0.6) is 0 Å². The summed E-state index contributed by atoms with van der Waals surface area (Å²) in [5, 5.41) is 89.6. The van der Waals surface area contributed by atoms with Crippen molar-refractivity contribution in [1.29, 1.82) is 0 Å². The molecule has 0 bridgehead atoms. The Morgan fingerprint density at radius 1 is 0.531 bits per heavy atom. The number of hydrogen-bond acceptors (Lipinski definition) is 14. The highest BCUT2D eigenvalue weighted by Gasteiger charge is 2.52. The zero-order chi connectivity index (χ0) is 23.7. The number of aliphatic hydroxyl groups excluding tert-OH is 9. The van der Waals surface area contributed by atoms with Crippen molar-refractivity contribution in [3.05, 3.63) is 0 Å². The van der Waals surface area contributed by atoms with Crippen molar-refractivity contribution >= 4 is 0 Å². The lowest BCUT2D eigenvalue weighted by atomic mass is 9.97. The molecule has 0 aromatic rings. The van der Waals surface area contributed by atoms with Gasteiger partial charge in [0, 0.05) is 0 Å². The summed E-state index contributed by atoms with van der Waals surface area (Å²) >= 11 is 0. The second-order valence-electron chi connectivity index (χ2n) is 8.16. The third-order valence-corrected chi connectivity index (χ3v) is 6.00. The second-order valence-corrected chi connectivity index (χ2v) is 8.16. The molecular weight excluding hydrogens is 440 g/mol. The fourth-order valence-electron chi connectivity index (χ4n) is 4.05. The second kappa shape index (κ2) is 10.8. The number of hydrogen-bond donors (Lipinski definition) is 9. The molecule has 0 aromatic carbocycles. The van der Waals surface area contributed by atoms with E-state index in [0.29, 0.717) is 0 Å². The highest BCUT2D eigenvalue weighted by molar-refractivity contribution is 4.96. The van der Waals surface area contributed by atoms with Crippen LogP contribution in [0.4, 0.5) is 0 Å². The Bertz CT molecular complexity index is 592. The molecule has 3 fully saturated rings. The number of ether oxygens (including phenoxy) is 5. The van der Waals surface area contributed by atoms with Crippen LogP contribution in [0.3, 0.4) is 0 Å². The third kappa shape index (κ3) is 4.94. The van der Waals surface area contributed by atoms with Crippen LogP contribution in [0.2, 0.25) is 0 Å². The van der Waals surface area contributed by atoms with E-state index in [1.807, 2.05) is 0 Å². The smallest absolute Gasteiger partial charge is 0.187 e. The summed E-state index contributed by atoms with van der Waals surface area (Å²) in [5.74, 6) is 0. The fraction of sp³-hybridized carbons (Fsp3) is 1.00. The molecule has 0 radical (unpaired) electrons. The van der Waals surface area contributed by atoms with E-state index in [1.165, 1.54) is 6.92 Å². The molecule has 0 amide bonds. The van der Waals surface area contributed by atoms with Gasteiger partial charge in [-0.15, -0.1) is 0 Å². The van der Waals surface area contributed by atoms with Gasteiger partial charge in [0.05, 0.1) is 25.9 Å². The van der Waals surface area contributed by atoms with Crippen molar-refractivity contribution in [2.24, 2.45) is 0 Å². The molecule has 9 N–H and O–H groups in total. The predicted octanol–water partition coefficient (Wildman–Crippen LogP) is -5.86. The average Bonchev–Trinajstić information content (AvgIpc) is 3.09. The van der Waals surface area contributed by atoms with Crippen molar-refractivity contribution in [3.8, 4) is 0 Å². The van der Waals surface area contributed by atoms with Crippen LogP contribution in [0.25, 0.3) is 0 Å². The van der Waals surface area contributed by atoms with Crippen LogP contribution in [-0.4, -0.2) is 152 Å². The Hall–Kier alpha value is -0.560. The van der Waals surface area contributed by atoms with E-state index in [0.717, 1.165) is 0 Å². The summed E-state index contributed by atoms with van der Waals surface area (Å²) < 4.78 is 27.1. The van der Waals surface area contributed by atoms with Crippen LogP contribution in [0, 0.1) is 0 Å². The van der Waals surface area contributed by atoms with E-state index in [2.05, 4.69) is 0 Å². The van der Waals surface area contributed by atoms with E-state index >= 15 is 0 Å². The van der Waals surface area contributed by atoms with E-state index < -0.39 is 106 Å². The van der Waals surface area contributed by atoms with Gasteiger partial charge in [-0.05, 0) is 6.92 Å². The molecule has 14 nitrogen and oxygen atoms in total. The van der Waals surface area contributed by atoms with Crippen LogP contribution >= 0.6 is 0 Å². The maximum absolute atomic E-state index is 10.6. The molecule has 14 heteroatoms. The highest BCUT2D eigenvalue weighted by atomic mass is 16.7. The summed E-state index contributed by atoms with van der Waals surface area (Å²) in [4.78, 5) is 0. The minimum Gasteiger partial charge on any atom is -0.394 e. The molecule has 188 valence electrons. The molecule has 0 saturated carbocycles. The lowest BCUT2D eigenvalue weighted by molar-refractivity contribution is -0.362. The summed E-state index contributed by atoms with van der Waals surface area (Å²) in [5.41, 5.74) is 0. The van der Waals surface area contributed by atoms with Gasteiger partial charge in [-0.2, -0.15) is 0 Å². The minimum atomic E-state index is -1.77. The van der Waals surface area contributed by atoms with E-state index in [9.17, 15) is 46.0 Å². The van der Waals surface area contributed by atoms with E-state index in [4.69, 9.17) is 23.7 Å². The normalized spacial score (nSPS) is 52.3. The van der Waals surface area contributed by atoms with Crippen molar-refractivity contribution in [1.82, 2.24) is 0 Å². The van der Waals surface area contributed by atoms with Crippen molar-refractivity contribution in [2.75, 3.05) is 19.8 Å². The third-order valence-electron chi connectivity index (χ3n) is 6.00. The topological polar surface area (TPSA) is 228 Å². The molecular formula is C18H32O14. The average molecular weight is 472 g/mol. The molecule has 14 unspecified atom stereocenters. The quantitative estimate of drug-likeness (QED) is 0.168. The summed E-state index contributed by atoms with van der Waals surface area (Å²) in [7, 11) is 0. The van der Waals surface area contributed by atoms with E-state index in [-0.39, 0.29) is 0 Å². The molecule has 32 heavy (non-hydrogen) atoms. The standard InChI is InChI=1S/C18H32O14/c1-5-9(22)11(24)13(26)17(28-5)32-16-8(4-21)30-18(14(27)12(16)25)31-15-7(3-20)29-6(2-19)10(15)23/h5-27H,2-4H2,1H3. The van der Waals surface area contributed by atoms with Gasteiger partial charge in [0.1, 0.15) is 67.1 Å². The lowest BCUT2D eigenvalue weighted by Gasteiger charge is -2.46. The van der Waals surface area contributed by atoms with Crippen LogP contribution in [0.15, 0.2) is 0 Å². The first-order chi connectivity index (χ1) is 15.1. The number of aliphatic hydroxyl groups is 9. The van der Waals surface area contributed by atoms with Crippen LogP contribution in [-0.2, 0) is 23.7 Å². The Balaban J connectivity index is 1.69. The van der Waals surface area contributed by atoms with Gasteiger partial charge in [-0.25, -0.2) is 0 Å². The lowest BCUT2D eigenvalue weighted by Crippen LogP contribution is -2.64. The molecule has 3 saturated heterocycles. The first-order valence-electron chi connectivity index (χ1n) is 10.3. The van der Waals surface area contributed by atoms with E-state index in [1.54, 1.807) is 0 Å². The maximum atomic E-state index is 10.6. The first kappa shape index (κ1) is 26.1. The van der Waals surface area contributed by atoms with Crippen molar-refractivity contribution in [2.45, 2.75) is 92.8 Å². The molecule has 3 aliphatic rings. The maximum Gasteiger partial charge on any atom is 0.187 e. The molecule has 3 rings (SSSR count). The molecule has 0 aliphatic carbocycles. The highest BCUT2D eigenvalue weighted by Crippen LogP contribution is 2.32. The van der Waals surface area contributed by atoms with Gasteiger partial charge in [0.15, 0.2) is 12.6 Å². The molecule has 3 heterocycles. The predicted molar refractivity (Wildman–Crippen MR) is 98.7 cm³/mol. The Labute approximate surface area is 183 Å². The fourth-order valence-corrected chi connectivity index (χ4v) is 4.05. The van der Waals surface area contributed by atoms with Crippen molar-refractivity contribution in [3.63, 3.8) is 0 Å². The molecule has 0 aromatic heterocycles. The van der Waals surface area contributed by atoms with Gasteiger partial charge >= 0.3 is 0 Å². The summed E-state index contributed by atoms with van der Waals surface area (Å²) in [6.45, 7) is -0.406. The van der Waals surface area contributed by atoms with Gasteiger partial charge in [0.25, 0.3) is 0 Å². The minimum absolute atomic E-state index is 0.550. The zero-order valence-corrected chi connectivity index (χ0v) is 17.3.